The van der Waals surface area contributed by atoms with Gasteiger partial charge in [-0.25, -0.2) is 0 Å². The minimum absolute atomic E-state index is 0.697. The average Bonchev–Trinajstić information content (AvgIpc) is 1.61. The van der Waals surface area contributed by atoms with Gasteiger partial charge in [0, 0.05) is 12.2 Å². The topological polar surface area (TPSA) is 12.0 Å². The predicted octanol–water partition coefficient (Wildman–Crippen LogP) is 0.907. The first-order chi connectivity index (χ1) is 2.80. The highest BCUT2D eigenvalue weighted by molar-refractivity contribution is 14.1. The third-order valence-electron chi connectivity index (χ3n) is 0.886. The number of hydrogen-bond acceptors (Lipinski definition) is 1. The first kappa shape index (κ1) is 4.43. The molecule has 1 aliphatic rings. The lowest BCUT2D eigenvalue weighted by Crippen LogP contribution is -2.38. The molecular weight excluding hydrogens is 189 g/mol. The van der Waals surface area contributed by atoms with Crippen LogP contribution in [0, 0.1) is 0 Å². The lowest BCUT2D eigenvalue weighted by Gasteiger charge is -2.25. The van der Waals surface area contributed by atoms with E-state index in [1.165, 1.54) is 5.70 Å². The summed E-state index contributed by atoms with van der Waals surface area (Å²) < 4.78 is 0.697. The van der Waals surface area contributed by atoms with Gasteiger partial charge in [-0.15, -0.1) is 0 Å². The first-order valence-corrected chi connectivity index (χ1v) is 3.12. The molecule has 0 aromatic rings. The maximum atomic E-state index is 3.72. The van der Waals surface area contributed by atoms with Gasteiger partial charge in [0.25, 0.3) is 0 Å². The van der Waals surface area contributed by atoms with E-state index < -0.39 is 0 Å². The molecule has 0 bridgehead atoms. The summed E-state index contributed by atoms with van der Waals surface area (Å²) in [7, 11) is 0. The summed E-state index contributed by atoms with van der Waals surface area (Å²) in [5.41, 5.74) is 1.18. The minimum atomic E-state index is 0.697. The molecule has 0 aliphatic carbocycles. The molecule has 1 aliphatic heterocycles. The van der Waals surface area contributed by atoms with Crippen molar-refractivity contribution in [1.82, 2.24) is 5.32 Å². The second-order valence-corrected chi connectivity index (χ2v) is 2.88. The summed E-state index contributed by atoms with van der Waals surface area (Å²) in [6.07, 6.45) is 0. The Morgan fingerprint density at radius 1 is 2.00 bits per heavy atom. The molecule has 1 nitrogen and oxygen atoms in total. The standard InChI is InChI=1S/C4H6IN/c1-3-4(5)2-6-3/h4,6H,1-2H2. The smallest absolute Gasteiger partial charge is 0.0672 e. The summed E-state index contributed by atoms with van der Waals surface area (Å²) in [5.74, 6) is 0. The Bertz CT molecular complexity index is 79.6. The van der Waals surface area contributed by atoms with Crippen LogP contribution in [-0.2, 0) is 0 Å². The summed E-state index contributed by atoms with van der Waals surface area (Å²) in [4.78, 5) is 0. The van der Waals surface area contributed by atoms with E-state index in [4.69, 9.17) is 0 Å². The number of hydrogen-bond donors (Lipinski definition) is 1. The average molecular weight is 195 g/mol. The Morgan fingerprint density at radius 3 is 2.50 bits per heavy atom. The largest absolute Gasteiger partial charge is 0.386 e. The van der Waals surface area contributed by atoms with Crippen LogP contribution in [0.5, 0.6) is 0 Å². The van der Waals surface area contributed by atoms with Crippen molar-refractivity contribution >= 4 is 22.6 Å². The van der Waals surface area contributed by atoms with E-state index in [-0.39, 0.29) is 0 Å². The maximum Gasteiger partial charge on any atom is 0.0672 e. The van der Waals surface area contributed by atoms with E-state index >= 15 is 0 Å². The summed E-state index contributed by atoms with van der Waals surface area (Å²) >= 11 is 2.36. The van der Waals surface area contributed by atoms with E-state index in [9.17, 15) is 0 Å². The van der Waals surface area contributed by atoms with Crippen molar-refractivity contribution in [3.63, 3.8) is 0 Å². The molecule has 0 amide bonds. The van der Waals surface area contributed by atoms with Crippen LogP contribution in [0.1, 0.15) is 0 Å². The second-order valence-electron chi connectivity index (χ2n) is 1.37. The fourth-order valence-corrected chi connectivity index (χ4v) is 0.764. The van der Waals surface area contributed by atoms with E-state index in [0.717, 1.165) is 6.54 Å². The Kier molecular flexibility index (Phi) is 1.04. The molecule has 2 heteroatoms. The van der Waals surface area contributed by atoms with E-state index in [1.807, 2.05) is 0 Å². The van der Waals surface area contributed by atoms with Crippen molar-refractivity contribution in [1.29, 1.82) is 0 Å². The third kappa shape index (κ3) is 0.531. The van der Waals surface area contributed by atoms with E-state index in [2.05, 4.69) is 34.5 Å². The van der Waals surface area contributed by atoms with Crippen LogP contribution in [-0.4, -0.2) is 10.5 Å². The fourth-order valence-electron chi connectivity index (χ4n) is 0.324. The van der Waals surface area contributed by atoms with Crippen molar-refractivity contribution in [2.75, 3.05) is 6.54 Å². The molecule has 0 radical (unpaired) electrons. The molecular formula is C4H6IN. The number of nitrogens with one attached hydrogen (secondary N) is 1. The lowest BCUT2D eigenvalue weighted by atomic mass is 10.2. The summed E-state index contributed by atoms with van der Waals surface area (Å²) in [6, 6.07) is 0. The Hall–Kier alpha value is 0.270. The number of alkyl halides is 1. The van der Waals surface area contributed by atoms with Crippen molar-refractivity contribution in [3.8, 4) is 0 Å². The summed E-state index contributed by atoms with van der Waals surface area (Å²) in [5, 5.41) is 3.06. The second kappa shape index (κ2) is 1.40. The molecule has 0 aromatic heterocycles. The molecule has 1 fully saturated rings. The molecule has 1 N–H and O–H groups in total. The Balaban J connectivity index is 2.39. The predicted molar refractivity (Wildman–Crippen MR) is 35.0 cm³/mol. The third-order valence-corrected chi connectivity index (χ3v) is 2.08. The van der Waals surface area contributed by atoms with Crippen LogP contribution in [0.3, 0.4) is 0 Å². The molecule has 1 unspecified atom stereocenters. The molecule has 0 saturated carbocycles. The van der Waals surface area contributed by atoms with Gasteiger partial charge in [0.2, 0.25) is 0 Å². The normalized spacial score (nSPS) is 31.5. The van der Waals surface area contributed by atoms with Gasteiger partial charge in [-0.2, -0.15) is 0 Å². The zero-order valence-corrected chi connectivity index (χ0v) is 5.53. The molecule has 1 saturated heterocycles. The SMILES string of the molecule is C=C1NCC1I. The van der Waals surface area contributed by atoms with Gasteiger partial charge in [-0.1, -0.05) is 29.2 Å². The summed E-state index contributed by atoms with van der Waals surface area (Å²) in [6.45, 7) is 4.83. The Morgan fingerprint density at radius 2 is 2.50 bits per heavy atom. The van der Waals surface area contributed by atoms with Gasteiger partial charge >= 0.3 is 0 Å². The maximum absolute atomic E-state index is 3.72. The minimum Gasteiger partial charge on any atom is -0.386 e. The van der Waals surface area contributed by atoms with Gasteiger partial charge in [0.15, 0.2) is 0 Å². The van der Waals surface area contributed by atoms with Crippen molar-refractivity contribution in [3.05, 3.63) is 12.3 Å². The van der Waals surface area contributed by atoms with Gasteiger partial charge < -0.3 is 5.32 Å². The highest BCUT2D eigenvalue weighted by Crippen LogP contribution is 2.14. The van der Waals surface area contributed by atoms with Crippen LogP contribution in [0.2, 0.25) is 0 Å². The van der Waals surface area contributed by atoms with Crippen molar-refractivity contribution in [2.45, 2.75) is 3.92 Å². The number of rotatable bonds is 0. The van der Waals surface area contributed by atoms with Gasteiger partial charge in [0.1, 0.15) is 0 Å². The van der Waals surface area contributed by atoms with Crippen LogP contribution in [0.4, 0.5) is 0 Å². The van der Waals surface area contributed by atoms with Crippen molar-refractivity contribution < 1.29 is 0 Å². The zero-order chi connectivity index (χ0) is 4.57. The van der Waals surface area contributed by atoms with Crippen LogP contribution in [0.25, 0.3) is 0 Å². The van der Waals surface area contributed by atoms with Crippen LogP contribution in [0.15, 0.2) is 12.3 Å². The molecule has 1 heterocycles. The monoisotopic (exact) mass is 195 g/mol. The molecule has 34 valence electrons. The molecule has 1 atom stereocenters. The van der Waals surface area contributed by atoms with Crippen LogP contribution >= 0.6 is 22.6 Å². The van der Waals surface area contributed by atoms with E-state index in [0.29, 0.717) is 3.92 Å². The Labute approximate surface area is 51.0 Å². The highest BCUT2D eigenvalue weighted by Gasteiger charge is 2.15. The van der Waals surface area contributed by atoms with Gasteiger partial charge in [-0.3, -0.25) is 0 Å². The molecule has 6 heavy (non-hydrogen) atoms. The van der Waals surface area contributed by atoms with Gasteiger partial charge in [0.05, 0.1) is 3.92 Å². The quantitative estimate of drug-likeness (QED) is 0.447. The van der Waals surface area contributed by atoms with Crippen molar-refractivity contribution in [2.24, 2.45) is 0 Å². The van der Waals surface area contributed by atoms with Crippen LogP contribution < -0.4 is 5.32 Å². The zero-order valence-electron chi connectivity index (χ0n) is 3.37. The highest BCUT2D eigenvalue weighted by atomic mass is 127. The molecule has 0 aromatic carbocycles. The van der Waals surface area contributed by atoms with Gasteiger partial charge in [-0.05, 0) is 0 Å². The molecule has 1 rings (SSSR count). The first-order valence-electron chi connectivity index (χ1n) is 1.87. The fraction of sp³-hybridized carbons (Fsp3) is 0.500. The molecule has 0 spiro atoms. The number of halogens is 1. The van der Waals surface area contributed by atoms with E-state index in [1.54, 1.807) is 0 Å². The lowest BCUT2D eigenvalue weighted by molar-refractivity contribution is 0.672.